The first-order chi connectivity index (χ1) is 27.7. The van der Waals surface area contributed by atoms with Crippen LogP contribution in [0.3, 0.4) is 0 Å². The van der Waals surface area contributed by atoms with E-state index in [2.05, 4.69) is 209 Å². The average Bonchev–Trinajstić information content (AvgIpc) is 3.82. The van der Waals surface area contributed by atoms with E-state index in [1.807, 2.05) is 0 Å². The zero-order valence-corrected chi connectivity index (χ0v) is 33.0. The number of anilines is 3. The molecule has 11 rings (SSSR count). The molecule has 0 bridgehead atoms. The number of fused-ring (bicyclic) bond motifs is 10. The van der Waals surface area contributed by atoms with E-state index < -0.39 is 0 Å². The first kappa shape index (κ1) is 33.7. The molecule has 9 aromatic rings. The lowest BCUT2D eigenvalue weighted by Gasteiger charge is -2.28. The minimum Gasteiger partial charge on any atom is -0.455 e. The van der Waals surface area contributed by atoms with Crippen LogP contribution in [0.15, 0.2) is 174 Å². The van der Waals surface area contributed by atoms with Crippen molar-refractivity contribution in [1.82, 2.24) is 0 Å². The fraction of sp³-hybridized carbons (Fsp3) is 0.127. The Morgan fingerprint density at radius 1 is 0.386 bits per heavy atom. The fourth-order valence-electron chi connectivity index (χ4n) is 9.89. The van der Waals surface area contributed by atoms with Gasteiger partial charge >= 0.3 is 0 Å². The van der Waals surface area contributed by atoms with E-state index in [1.54, 1.807) is 0 Å². The number of hydrogen-bond acceptors (Lipinski definition) is 2. The van der Waals surface area contributed by atoms with Gasteiger partial charge in [0.2, 0.25) is 0 Å². The topological polar surface area (TPSA) is 16.4 Å². The summed E-state index contributed by atoms with van der Waals surface area (Å²) < 4.78 is 6.98. The van der Waals surface area contributed by atoms with Crippen LogP contribution in [-0.2, 0) is 10.8 Å². The quantitative estimate of drug-likeness (QED) is 0.175. The molecule has 8 aromatic carbocycles. The minimum atomic E-state index is -0.101. The van der Waals surface area contributed by atoms with E-state index in [9.17, 15) is 0 Å². The van der Waals surface area contributed by atoms with Crippen molar-refractivity contribution in [3.05, 3.63) is 198 Å². The second-order valence-electron chi connectivity index (χ2n) is 17.0. The molecule has 0 unspecified atom stereocenters. The normalized spacial score (nSPS) is 14.3. The third-order valence-electron chi connectivity index (χ3n) is 13.0. The van der Waals surface area contributed by atoms with E-state index in [0.29, 0.717) is 0 Å². The number of benzene rings is 8. The average molecular weight is 734 g/mol. The van der Waals surface area contributed by atoms with Gasteiger partial charge in [0.15, 0.2) is 0 Å². The maximum Gasteiger partial charge on any atom is 0.143 e. The molecule has 0 aliphatic heterocycles. The minimum absolute atomic E-state index is 0.0802. The van der Waals surface area contributed by atoms with Crippen molar-refractivity contribution in [2.75, 3.05) is 4.90 Å². The molecule has 2 nitrogen and oxygen atoms in total. The van der Waals surface area contributed by atoms with Crippen LogP contribution in [0.1, 0.15) is 55.5 Å². The monoisotopic (exact) mass is 733 g/mol. The Bertz CT molecular complexity index is 3050. The van der Waals surface area contributed by atoms with Gasteiger partial charge in [0.05, 0.1) is 0 Å². The highest BCUT2D eigenvalue weighted by atomic mass is 16.3. The van der Waals surface area contributed by atoms with Crippen molar-refractivity contribution in [3.8, 4) is 44.5 Å². The van der Waals surface area contributed by atoms with Crippen LogP contribution in [0.4, 0.5) is 17.1 Å². The lowest BCUT2D eigenvalue weighted by Crippen LogP contribution is -2.16. The number of aryl methyl sites for hydroxylation is 1. The standard InChI is InChI=1S/C55H43NO/c1-34-17-19-35(20-18-34)36-21-25-38(26-22-36)56(40-29-30-43-42-11-6-8-15-47(42)55(4,5)50(43)33-40)39-27-23-37(24-28-39)41-13-10-14-44-45-31-32-49-51(53(45)57-52(41)44)46-12-7-9-16-48(46)54(49,2)3/h6-33H,1-5H3. The van der Waals surface area contributed by atoms with Crippen LogP contribution >= 0.6 is 0 Å². The van der Waals surface area contributed by atoms with Crippen molar-refractivity contribution in [2.45, 2.75) is 45.4 Å². The highest BCUT2D eigenvalue weighted by Gasteiger charge is 2.38. The lowest BCUT2D eigenvalue weighted by molar-refractivity contribution is 0.653. The van der Waals surface area contributed by atoms with Crippen LogP contribution < -0.4 is 4.90 Å². The number of hydrogen-bond donors (Lipinski definition) is 0. The van der Waals surface area contributed by atoms with Gasteiger partial charge in [-0.05, 0) is 99.0 Å². The Kier molecular flexibility index (Phi) is 7.20. The highest BCUT2D eigenvalue weighted by Crippen LogP contribution is 2.54. The molecular formula is C55H43NO. The Hall–Kier alpha value is -6.64. The molecule has 2 aliphatic carbocycles. The van der Waals surface area contributed by atoms with Crippen molar-refractivity contribution < 1.29 is 4.42 Å². The number of para-hydroxylation sites is 1. The van der Waals surface area contributed by atoms with Gasteiger partial charge in [0.25, 0.3) is 0 Å². The largest absolute Gasteiger partial charge is 0.455 e. The molecule has 0 spiro atoms. The molecular weight excluding hydrogens is 691 g/mol. The molecule has 2 heteroatoms. The Morgan fingerprint density at radius 3 is 1.61 bits per heavy atom. The zero-order chi connectivity index (χ0) is 38.6. The molecule has 1 aromatic heterocycles. The molecule has 274 valence electrons. The van der Waals surface area contributed by atoms with Gasteiger partial charge in [-0.3, -0.25) is 0 Å². The second-order valence-corrected chi connectivity index (χ2v) is 17.0. The summed E-state index contributed by atoms with van der Waals surface area (Å²) in [5.41, 5.74) is 21.6. The Morgan fingerprint density at radius 2 is 0.912 bits per heavy atom. The summed E-state index contributed by atoms with van der Waals surface area (Å²) in [7, 11) is 0. The van der Waals surface area contributed by atoms with Crippen molar-refractivity contribution >= 4 is 39.0 Å². The third-order valence-corrected chi connectivity index (χ3v) is 13.0. The molecule has 0 atom stereocenters. The van der Waals surface area contributed by atoms with Gasteiger partial charge in [-0.15, -0.1) is 0 Å². The zero-order valence-electron chi connectivity index (χ0n) is 33.0. The maximum absolute atomic E-state index is 6.98. The number of rotatable bonds is 5. The van der Waals surface area contributed by atoms with E-state index in [-0.39, 0.29) is 10.8 Å². The van der Waals surface area contributed by atoms with Gasteiger partial charge < -0.3 is 9.32 Å². The van der Waals surface area contributed by atoms with Gasteiger partial charge in [0, 0.05) is 49.8 Å². The summed E-state index contributed by atoms with van der Waals surface area (Å²) in [5, 5.41) is 2.31. The van der Waals surface area contributed by atoms with Gasteiger partial charge in [-0.1, -0.05) is 167 Å². The van der Waals surface area contributed by atoms with E-state index in [1.165, 1.54) is 61.2 Å². The SMILES string of the molecule is Cc1ccc(-c2ccc(N(c3ccc(-c4cccc5c4oc4c6c(ccc45)C(C)(C)c4ccccc4-6)cc3)c3ccc4c(c3)C(C)(C)c3ccccc3-4)cc2)cc1. The molecule has 2 aliphatic rings. The maximum atomic E-state index is 6.98. The molecule has 57 heavy (non-hydrogen) atoms. The fourth-order valence-corrected chi connectivity index (χ4v) is 9.89. The predicted octanol–water partition coefficient (Wildman–Crippen LogP) is 15.3. The smallest absolute Gasteiger partial charge is 0.143 e. The van der Waals surface area contributed by atoms with Gasteiger partial charge in [-0.2, -0.15) is 0 Å². The van der Waals surface area contributed by atoms with Crippen molar-refractivity contribution in [1.29, 1.82) is 0 Å². The first-order valence-corrected chi connectivity index (χ1v) is 20.1. The molecule has 1 heterocycles. The summed E-state index contributed by atoms with van der Waals surface area (Å²) in [4.78, 5) is 2.40. The molecule has 0 saturated carbocycles. The van der Waals surface area contributed by atoms with E-state index in [0.717, 1.165) is 50.1 Å². The summed E-state index contributed by atoms with van der Waals surface area (Å²) in [6, 6.07) is 62.6. The third kappa shape index (κ3) is 4.96. The van der Waals surface area contributed by atoms with Crippen LogP contribution in [0.25, 0.3) is 66.4 Å². The van der Waals surface area contributed by atoms with Crippen LogP contribution in [0.2, 0.25) is 0 Å². The lowest BCUT2D eigenvalue weighted by atomic mass is 9.82. The predicted molar refractivity (Wildman–Crippen MR) is 239 cm³/mol. The first-order valence-electron chi connectivity index (χ1n) is 20.1. The summed E-state index contributed by atoms with van der Waals surface area (Å²) in [6.07, 6.45) is 0. The molecule has 0 amide bonds. The van der Waals surface area contributed by atoms with Gasteiger partial charge in [-0.25, -0.2) is 0 Å². The van der Waals surface area contributed by atoms with Gasteiger partial charge in [0.1, 0.15) is 11.2 Å². The van der Waals surface area contributed by atoms with Crippen molar-refractivity contribution in [3.63, 3.8) is 0 Å². The van der Waals surface area contributed by atoms with Crippen LogP contribution in [0.5, 0.6) is 0 Å². The van der Waals surface area contributed by atoms with E-state index in [4.69, 9.17) is 4.42 Å². The Labute approximate surface area is 334 Å². The summed E-state index contributed by atoms with van der Waals surface area (Å²) in [6.45, 7) is 11.5. The number of nitrogens with zero attached hydrogens (tertiary/aromatic N) is 1. The molecule has 0 radical (unpaired) electrons. The second kappa shape index (κ2) is 12.2. The van der Waals surface area contributed by atoms with Crippen molar-refractivity contribution in [2.24, 2.45) is 0 Å². The molecule has 0 N–H and O–H groups in total. The van der Waals surface area contributed by atoms with Crippen LogP contribution in [-0.4, -0.2) is 0 Å². The Balaban J connectivity index is 1.03. The summed E-state index contributed by atoms with van der Waals surface area (Å²) in [5.74, 6) is 0. The highest BCUT2D eigenvalue weighted by molar-refractivity contribution is 6.14. The van der Waals surface area contributed by atoms with Crippen LogP contribution in [0, 0.1) is 6.92 Å². The molecule has 0 saturated heterocycles. The summed E-state index contributed by atoms with van der Waals surface area (Å²) >= 11 is 0. The molecule has 0 fully saturated rings. The number of furan rings is 1. The van der Waals surface area contributed by atoms with E-state index >= 15 is 0 Å².